The van der Waals surface area contributed by atoms with Crippen LogP contribution in [0.3, 0.4) is 0 Å². The second kappa shape index (κ2) is 6.28. The summed E-state index contributed by atoms with van der Waals surface area (Å²) < 4.78 is 5.06. The first kappa shape index (κ1) is 11.8. The van der Waals surface area contributed by atoms with Crippen LogP contribution in [0, 0.1) is 0 Å². The van der Waals surface area contributed by atoms with Crippen molar-refractivity contribution in [1.29, 1.82) is 0 Å². The van der Waals surface area contributed by atoms with E-state index in [0.29, 0.717) is 0 Å². The summed E-state index contributed by atoms with van der Waals surface area (Å²) in [7, 11) is 1.97. The Morgan fingerprint density at radius 1 is 1.21 bits per heavy atom. The molecule has 0 heterocycles. The van der Waals surface area contributed by atoms with Gasteiger partial charge in [-0.3, -0.25) is 0 Å². The molecule has 0 atom stereocenters. The number of nitrogens with two attached hydrogens (primary N) is 1. The van der Waals surface area contributed by atoms with Crippen LogP contribution in [-0.4, -0.2) is 40.6 Å². The average molecular weight is 302 g/mol. The van der Waals surface area contributed by atoms with Crippen molar-refractivity contribution in [2.75, 3.05) is 25.9 Å². The molecule has 0 amide bonds. The van der Waals surface area contributed by atoms with Gasteiger partial charge in [0.05, 0.1) is 0 Å². The van der Waals surface area contributed by atoms with Crippen LogP contribution in [-0.2, 0) is 0 Å². The quantitative estimate of drug-likeness (QED) is 0.405. The number of rotatable bonds is 5. The second-order valence-corrected chi connectivity index (χ2v) is 8.73. The van der Waals surface area contributed by atoms with Crippen molar-refractivity contribution in [1.82, 2.24) is 8.79 Å². The van der Waals surface area contributed by atoms with Crippen molar-refractivity contribution in [2.45, 2.75) is 4.87 Å². The fraction of sp³-hybridized carbons (Fsp3) is 0.400. The Morgan fingerprint density at radius 2 is 1.86 bits per heavy atom. The van der Waals surface area contributed by atoms with Crippen LogP contribution < -0.4 is 18.0 Å². The summed E-state index contributed by atoms with van der Waals surface area (Å²) in [6.45, 7) is 2.09. The summed E-state index contributed by atoms with van der Waals surface area (Å²) in [5.41, 5.74) is 6.48. The third-order valence-electron chi connectivity index (χ3n) is 2.00. The van der Waals surface area contributed by atoms with E-state index in [9.17, 15) is 0 Å². The molecular weight excluding hydrogens is 284 g/mol. The minimum absolute atomic E-state index is 0.845. The predicted molar refractivity (Wildman–Crippen MR) is 64.0 cm³/mol. The number of hydrogen-bond acceptors (Lipinski definition) is 3. The van der Waals surface area contributed by atoms with Gasteiger partial charge in [0.15, 0.2) is 0 Å². The maximum atomic E-state index is 5.64. The first-order chi connectivity index (χ1) is 6.74. The number of nitrogens with one attached hydrogen (secondary N) is 2. The Kier molecular flexibility index (Phi) is 5.31. The van der Waals surface area contributed by atoms with Crippen molar-refractivity contribution >= 4 is 29.7 Å². The Bertz CT molecular complexity index is 261. The molecule has 3 nitrogen and oxygen atoms in total. The molecule has 0 saturated carbocycles. The SMILES string of the molecule is CNCC[NH][Sb]([CH3])[c]1ccc(N)cc1. The molecule has 78 valence electrons. The van der Waals surface area contributed by atoms with Gasteiger partial charge in [-0.15, -0.1) is 0 Å². The summed E-state index contributed by atoms with van der Waals surface area (Å²) in [4.78, 5) is 2.34. The van der Waals surface area contributed by atoms with Crippen LogP contribution in [0.2, 0.25) is 4.87 Å². The number of nitrogen functional groups attached to an aromatic ring is 1. The van der Waals surface area contributed by atoms with E-state index in [1.807, 2.05) is 19.2 Å². The van der Waals surface area contributed by atoms with E-state index in [2.05, 4.69) is 25.8 Å². The molecule has 4 N–H and O–H groups in total. The molecule has 0 unspecified atom stereocenters. The van der Waals surface area contributed by atoms with Crippen molar-refractivity contribution in [3.63, 3.8) is 0 Å². The fourth-order valence-electron chi connectivity index (χ4n) is 1.14. The molecule has 0 aliphatic rings. The third kappa shape index (κ3) is 3.87. The van der Waals surface area contributed by atoms with Gasteiger partial charge in [-0.1, -0.05) is 0 Å². The Balaban J connectivity index is 2.43. The van der Waals surface area contributed by atoms with Crippen LogP contribution in [0.4, 0.5) is 5.69 Å². The summed E-state index contributed by atoms with van der Waals surface area (Å²) in [5, 5.41) is 3.13. The molecule has 1 rings (SSSR count). The van der Waals surface area contributed by atoms with Gasteiger partial charge in [0, 0.05) is 0 Å². The fourth-order valence-corrected chi connectivity index (χ4v) is 4.64. The Labute approximate surface area is 93.4 Å². The van der Waals surface area contributed by atoms with Crippen LogP contribution in [0.1, 0.15) is 0 Å². The molecule has 0 bridgehead atoms. The first-order valence-corrected chi connectivity index (χ1v) is 9.82. The van der Waals surface area contributed by atoms with Gasteiger partial charge < -0.3 is 0 Å². The molecule has 4 heteroatoms. The van der Waals surface area contributed by atoms with Crippen molar-refractivity contribution in [3.05, 3.63) is 24.3 Å². The summed E-state index contributed by atoms with van der Waals surface area (Å²) in [6, 6.07) is 8.25. The van der Waals surface area contributed by atoms with Gasteiger partial charge in [-0.25, -0.2) is 0 Å². The Morgan fingerprint density at radius 3 is 2.43 bits per heavy atom. The zero-order chi connectivity index (χ0) is 10.4. The molecule has 0 radical (unpaired) electrons. The average Bonchev–Trinajstić information content (AvgIpc) is 2.19. The number of likely N-dealkylation sites (N-methyl/N-ethyl adjacent to an activating group) is 1. The molecule has 1 aromatic rings. The first-order valence-electron chi connectivity index (χ1n) is 4.71. The van der Waals surface area contributed by atoms with E-state index in [4.69, 9.17) is 5.73 Å². The summed E-state index contributed by atoms with van der Waals surface area (Å²) in [5.74, 6) is 0. The molecule has 0 aliphatic carbocycles. The van der Waals surface area contributed by atoms with Crippen LogP contribution >= 0.6 is 0 Å². The van der Waals surface area contributed by atoms with E-state index < -0.39 is 20.5 Å². The van der Waals surface area contributed by atoms with Gasteiger partial charge in [0.1, 0.15) is 0 Å². The van der Waals surface area contributed by atoms with Gasteiger partial charge >= 0.3 is 93.5 Å². The number of benzene rings is 1. The van der Waals surface area contributed by atoms with E-state index in [-0.39, 0.29) is 0 Å². The third-order valence-corrected chi connectivity index (χ3v) is 7.06. The summed E-state index contributed by atoms with van der Waals surface area (Å²) >= 11 is -1.39. The van der Waals surface area contributed by atoms with E-state index in [0.717, 1.165) is 18.8 Å². The molecular formula is C10H18N3Sb. The van der Waals surface area contributed by atoms with Crippen LogP contribution in [0.5, 0.6) is 0 Å². The molecule has 0 fully saturated rings. The molecule has 0 aliphatic heterocycles. The van der Waals surface area contributed by atoms with Crippen molar-refractivity contribution < 1.29 is 0 Å². The summed E-state index contributed by atoms with van der Waals surface area (Å²) in [6.07, 6.45) is 0. The van der Waals surface area contributed by atoms with E-state index in [1.165, 1.54) is 3.51 Å². The zero-order valence-electron chi connectivity index (χ0n) is 8.75. The standard InChI is InChI=1S/C6H6N.C3H9N2.CH3.Sb/c7-6-4-2-1-3-5-6;1-5-3-2-4;;/h2-5H,7H2;4-5H,2-3H2,1H3;1H3;/q;-1;;+1. The van der Waals surface area contributed by atoms with Gasteiger partial charge in [-0.2, -0.15) is 0 Å². The maximum absolute atomic E-state index is 5.64. The molecule has 1 aromatic carbocycles. The number of hydrogen-bond donors (Lipinski definition) is 3. The van der Waals surface area contributed by atoms with Crippen LogP contribution in [0.15, 0.2) is 24.3 Å². The molecule has 14 heavy (non-hydrogen) atoms. The van der Waals surface area contributed by atoms with E-state index >= 15 is 0 Å². The Hall–Kier alpha value is -0.242. The van der Waals surface area contributed by atoms with Crippen molar-refractivity contribution in [2.24, 2.45) is 0 Å². The van der Waals surface area contributed by atoms with Crippen LogP contribution in [0.25, 0.3) is 0 Å². The number of anilines is 1. The minimum atomic E-state index is -1.39. The normalized spacial score (nSPS) is 10.8. The molecule has 0 spiro atoms. The van der Waals surface area contributed by atoms with Crippen molar-refractivity contribution in [3.8, 4) is 0 Å². The predicted octanol–water partition coefficient (Wildman–Crippen LogP) is -0.0939. The topological polar surface area (TPSA) is 50.1 Å². The zero-order valence-corrected chi connectivity index (χ0v) is 11.3. The molecule has 0 saturated heterocycles. The van der Waals surface area contributed by atoms with Gasteiger partial charge in [0.25, 0.3) is 0 Å². The van der Waals surface area contributed by atoms with E-state index in [1.54, 1.807) is 0 Å². The second-order valence-electron chi connectivity index (χ2n) is 3.16. The van der Waals surface area contributed by atoms with Gasteiger partial charge in [-0.05, 0) is 0 Å². The monoisotopic (exact) mass is 301 g/mol. The van der Waals surface area contributed by atoms with Gasteiger partial charge in [0.2, 0.25) is 0 Å². The molecule has 0 aromatic heterocycles.